The second kappa shape index (κ2) is 17.7. The van der Waals surface area contributed by atoms with E-state index in [9.17, 15) is 0 Å². The van der Waals surface area contributed by atoms with E-state index in [2.05, 4.69) is 13.5 Å². The van der Waals surface area contributed by atoms with E-state index in [0.717, 1.165) is 19.6 Å². The smallest absolute Gasteiger partial charge is 0.0466 e. The molecule has 0 amide bonds. The Bertz CT molecular complexity index is 165. The third-order valence-electron chi connectivity index (χ3n) is 3.59. The van der Waals surface area contributed by atoms with Gasteiger partial charge in [-0.2, -0.15) is 0 Å². The van der Waals surface area contributed by atoms with Crippen LogP contribution < -0.4 is 0 Å². The van der Waals surface area contributed by atoms with E-state index in [1.165, 1.54) is 77.0 Å². The summed E-state index contributed by atoms with van der Waals surface area (Å²) in [7, 11) is 0. The van der Waals surface area contributed by atoms with Gasteiger partial charge in [0, 0.05) is 13.2 Å². The molecule has 0 aromatic carbocycles. The van der Waals surface area contributed by atoms with Crippen LogP contribution in [0.25, 0.3) is 0 Å². The molecule has 0 aromatic rings. The van der Waals surface area contributed by atoms with Crippen molar-refractivity contribution in [3.63, 3.8) is 0 Å². The second-order valence-corrected chi connectivity index (χ2v) is 5.58. The highest BCUT2D eigenvalue weighted by atomic mass is 16.5. The van der Waals surface area contributed by atoms with Crippen LogP contribution in [0, 0.1) is 0 Å². The predicted molar refractivity (Wildman–Crippen MR) is 86.7 cm³/mol. The minimum atomic E-state index is 0.936. The van der Waals surface area contributed by atoms with Crippen LogP contribution in [0.3, 0.4) is 0 Å². The number of unbranched alkanes of at least 4 members (excludes halogenated alkanes) is 11. The van der Waals surface area contributed by atoms with E-state index < -0.39 is 0 Å². The summed E-state index contributed by atoms with van der Waals surface area (Å²) in [6.45, 7) is 7.90. The first-order chi connectivity index (χ1) is 9.41. The monoisotopic (exact) mass is 268 g/mol. The molecule has 0 aliphatic carbocycles. The van der Waals surface area contributed by atoms with Crippen molar-refractivity contribution in [2.24, 2.45) is 0 Å². The summed E-state index contributed by atoms with van der Waals surface area (Å²) in [5, 5.41) is 0. The van der Waals surface area contributed by atoms with Crippen molar-refractivity contribution in [3.05, 3.63) is 12.7 Å². The molecule has 0 aromatic heterocycles. The maximum Gasteiger partial charge on any atom is 0.0466 e. The Kier molecular flexibility index (Phi) is 17.4. The molecule has 0 spiro atoms. The Morgan fingerprint density at radius 2 is 1.16 bits per heavy atom. The number of rotatable bonds is 16. The Labute approximate surface area is 121 Å². The average Bonchev–Trinajstić information content (AvgIpc) is 2.43. The molecule has 1 heteroatoms. The summed E-state index contributed by atoms with van der Waals surface area (Å²) in [6.07, 6.45) is 19.5. The standard InChI is InChI=1S/C18H36O/c1-3-5-7-9-10-11-12-13-14-16-18-19-17-15-8-6-4-2/h4H,2-3,5-18H2,1H3. The van der Waals surface area contributed by atoms with Crippen molar-refractivity contribution in [1.82, 2.24) is 0 Å². The van der Waals surface area contributed by atoms with E-state index >= 15 is 0 Å². The van der Waals surface area contributed by atoms with Gasteiger partial charge < -0.3 is 4.74 Å². The predicted octanol–water partition coefficient (Wildman–Crippen LogP) is 6.28. The molecule has 19 heavy (non-hydrogen) atoms. The molecule has 0 atom stereocenters. The zero-order chi connectivity index (χ0) is 14.0. The van der Waals surface area contributed by atoms with Crippen molar-refractivity contribution < 1.29 is 4.74 Å². The van der Waals surface area contributed by atoms with E-state index in [4.69, 9.17) is 4.74 Å². The molecule has 114 valence electrons. The summed E-state index contributed by atoms with van der Waals surface area (Å²) in [4.78, 5) is 0. The first-order valence-corrected chi connectivity index (χ1v) is 8.60. The maximum absolute atomic E-state index is 5.62. The van der Waals surface area contributed by atoms with Gasteiger partial charge in [-0.05, 0) is 25.7 Å². The minimum absolute atomic E-state index is 0.936. The molecule has 0 unspecified atom stereocenters. The molecular formula is C18H36O. The first kappa shape index (κ1) is 18.7. The number of allylic oxidation sites excluding steroid dienone is 1. The van der Waals surface area contributed by atoms with Gasteiger partial charge in [0.1, 0.15) is 0 Å². The molecule has 0 aliphatic rings. The molecule has 0 bridgehead atoms. The van der Waals surface area contributed by atoms with Crippen LogP contribution in [0.1, 0.15) is 90.4 Å². The van der Waals surface area contributed by atoms with Crippen LogP contribution in [-0.2, 0) is 4.74 Å². The van der Waals surface area contributed by atoms with Gasteiger partial charge in [0.25, 0.3) is 0 Å². The third kappa shape index (κ3) is 17.7. The second-order valence-electron chi connectivity index (χ2n) is 5.58. The fourth-order valence-electron chi connectivity index (χ4n) is 2.29. The molecule has 0 aliphatic heterocycles. The van der Waals surface area contributed by atoms with Crippen molar-refractivity contribution in [2.75, 3.05) is 13.2 Å². The first-order valence-electron chi connectivity index (χ1n) is 8.60. The van der Waals surface area contributed by atoms with E-state index in [1.807, 2.05) is 6.08 Å². The van der Waals surface area contributed by atoms with Crippen molar-refractivity contribution in [3.8, 4) is 0 Å². The van der Waals surface area contributed by atoms with E-state index in [1.54, 1.807) is 0 Å². The number of hydrogen-bond donors (Lipinski definition) is 0. The lowest BCUT2D eigenvalue weighted by atomic mass is 10.1. The number of hydrogen-bond acceptors (Lipinski definition) is 1. The van der Waals surface area contributed by atoms with Crippen LogP contribution in [0.5, 0.6) is 0 Å². The maximum atomic E-state index is 5.62. The molecule has 1 nitrogen and oxygen atoms in total. The summed E-state index contributed by atoms with van der Waals surface area (Å²) in [6, 6.07) is 0. The van der Waals surface area contributed by atoms with Gasteiger partial charge >= 0.3 is 0 Å². The molecule has 0 saturated heterocycles. The van der Waals surface area contributed by atoms with Gasteiger partial charge in [-0.3, -0.25) is 0 Å². The van der Waals surface area contributed by atoms with Crippen LogP contribution >= 0.6 is 0 Å². The SMILES string of the molecule is C=CCCCCOCCCCCCCCCCCC. The van der Waals surface area contributed by atoms with Gasteiger partial charge in [-0.1, -0.05) is 70.8 Å². The fraction of sp³-hybridized carbons (Fsp3) is 0.889. The number of ether oxygens (including phenoxy) is 1. The van der Waals surface area contributed by atoms with Crippen molar-refractivity contribution >= 4 is 0 Å². The van der Waals surface area contributed by atoms with Crippen molar-refractivity contribution in [1.29, 1.82) is 0 Å². The molecule has 0 saturated carbocycles. The van der Waals surface area contributed by atoms with Gasteiger partial charge in [0.05, 0.1) is 0 Å². The van der Waals surface area contributed by atoms with Gasteiger partial charge in [-0.25, -0.2) is 0 Å². The topological polar surface area (TPSA) is 9.23 Å². The van der Waals surface area contributed by atoms with Gasteiger partial charge in [-0.15, -0.1) is 6.58 Å². The Morgan fingerprint density at radius 1 is 0.684 bits per heavy atom. The summed E-state index contributed by atoms with van der Waals surface area (Å²) in [5.41, 5.74) is 0. The van der Waals surface area contributed by atoms with Crippen LogP contribution in [0.2, 0.25) is 0 Å². The Morgan fingerprint density at radius 3 is 1.68 bits per heavy atom. The van der Waals surface area contributed by atoms with Gasteiger partial charge in [0.15, 0.2) is 0 Å². The zero-order valence-electron chi connectivity index (χ0n) is 13.3. The van der Waals surface area contributed by atoms with Crippen LogP contribution in [0.15, 0.2) is 12.7 Å². The molecule has 0 fully saturated rings. The van der Waals surface area contributed by atoms with Crippen molar-refractivity contribution in [2.45, 2.75) is 90.4 Å². The highest BCUT2D eigenvalue weighted by molar-refractivity contribution is 4.65. The normalized spacial score (nSPS) is 10.8. The Hall–Kier alpha value is -0.300. The molecular weight excluding hydrogens is 232 g/mol. The summed E-state index contributed by atoms with van der Waals surface area (Å²) >= 11 is 0. The van der Waals surface area contributed by atoms with Crippen LogP contribution in [-0.4, -0.2) is 13.2 Å². The lowest BCUT2D eigenvalue weighted by Crippen LogP contribution is -1.96. The summed E-state index contributed by atoms with van der Waals surface area (Å²) < 4.78 is 5.62. The quantitative estimate of drug-likeness (QED) is 0.236. The molecule has 0 rings (SSSR count). The zero-order valence-corrected chi connectivity index (χ0v) is 13.3. The van der Waals surface area contributed by atoms with E-state index in [-0.39, 0.29) is 0 Å². The average molecular weight is 268 g/mol. The molecule has 0 heterocycles. The lowest BCUT2D eigenvalue weighted by molar-refractivity contribution is 0.126. The van der Waals surface area contributed by atoms with E-state index in [0.29, 0.717) is 0 Å². The Balaban J connectivity index is 2.89. The highest BCUT2D eigenvalue weighted by Gasteiger charge is 1.93. The third-order valence-corrected chi connectivity index (χ3v) is 3.59. The molecule has 0 N–H and O–H groups in total. The largest absolute Gasteiger partial charge is 0.381 e. The summed E-state index contributed by atoms with van der Waals surface area (Å²) in [5.74, 6) is 0. The minimum Gasteiger partial charge on any atom is -0.381 e. The fourth-order valence-corrected chi connectivity index (χ4v) is 2.29. The lowest BCUT2D eigenvalue weighted by Gasteiger charge is -2.04. The highest BCUT2D eigenvalue weighted by Crippen LogP contribution is 2.10. The van der Waals surface area contributed by atoms with Crippen LogP contribution in [0.4, 0.5) is 0 Å². The van der Waals surface area contributed by atoms with Gasteiger partial charge in [0.2, 0.25) is 0 Å². The molecule has 0 radical (unpaired) electrons.